The van der Waals surface area contributed by atoms with Gasteiger partial charge in [0.05, 0.1) is 0 Å². The minimum Gasteiger partial charge on any atom is -0.329 e. The van der Waals surface area contributed by atoms with Crippen molar-refractivity contribution >= 4 is 0 Å². The molecule has 2 saturated carbocycles. The molecule has 3 unspecified atom stereocenters. The van der Waals surface area contributed by atoms with Crippen LogP contribution in [0.4, 0.5) is 0 Å². The van der Waals surface area contributed by atoms with Gasteiger partial charge in [-0.2, -0.15) is 0 Å². The van der Waals surface area contributed by atoms with Gasteiger partial charge in [0.2, 0.25) is 0 Å². The van der Waals surface area contributed by atoms with Crippen LogP contribution >= 0.6 is 0 Å². The van der Waals surface area contributed by atoms with Crippen LogP contribution in [0.25, 0.3) is 0 Å². The molecule has 3 rings (SSSR count). The fraction of sp³-hybridized carbons (Fsp3) is 1.00. The maximum absolute atomic E-state index is 6.09. The van der Waals surface area contributed by atoms with Gasteiger partial charge < -0.3 is 5.73 Å². The Morgan fingerprint density at radius 3 is 2.41 bits per heavy atom. The first kappa shape index (κ1) is 12.0. The van der Waals surface area contributed by atoms with Gasteiger partial charge in [-0.25, -0.2) is 0 Å². The van der Waals surface area contributed by atoms with Gasteiger partial charge in [0.15, 0.2) is 0 Å². The molecule has 98 valence electrons. The molecule has 0 radical (unpaired) electrons. The number of hydrogen-bond acceptors (Lipinski definition) is 2. The van der Waals surface area contributed by atoms with E-state index in [9.17, 15) is 0 Å². The smallest absolute Gasteiger partial charge is 0.0249 e. The van der Waals surface area contributed by atoms with Gasteiger partial charge >= 0.3 is 0 Å². The van der Waals surface area contributed by atoms with Gasteiger partial charge in [0.1, 0.15) is 0 Å². The van der Waals surface area contributed by atoms with Crippen LogP contribution in [0.2, 0.25) is 0 Å². The summed E-state index contributed by atoms with van der Waals surface area (Å²) in [5.41, 5.74) is 6.09. The Morgan fingerprint density at radius 2 is 1.71 bits per heavy atom. The molecule has 17 heavy (non-hydrogen) atoms. The number of hydrogen-bond donors (Lipinski definition) is 1. The van der Waals surface area contributed by atoms with Crippen molar-refractivity contribution in [3.8, 4) is 0 Å². The van der Waals surface area contributed by atoms with Crippen molar-refractivity contribution in [3.63, 3.8) is 0 Å². The van der Waals surface area contributed by atoms with E-state index in [0.717, 1.165) is 30.5 Å². The summed E-state index contributed by atoms with van der Waals surface area (Å²) >= 11 is 0. The highest BCUT2D eigenvalue weighted by Gasteiger charge is 2.39. The zero-order chi connectivity index (χ0) is 11.7. The number of fused-ring (bicyclic) bond motifs is 1. The Morgan fingerprint density at radius 1 is 0.941 bits per heavy atom. The van der Waals surface area contributed by atoms with Crippen LogP contribution in [0.1, 0.15) is 57.8 Å². The van der Waals surface area contributed by atoms with Gasteiger partial charge in [-0.05, 0) is 56.9 Å². The molecule has 3 fully saturated rings. The molecule has 2 N–H and O–H groups in total. The molecule has 3 atom stereocenters. The molecule has 0 spiro atoms. The predicted octanol–water partition coefficient (Wildman–Crippen LogP) is 2.77. The molecule has 0 bridgehead atoms. The molecule has 2 nitrogen and oxygen atoms in total. The standard InChI is InChI=1S/C15H28N2/c16-11-15(13-6-3-7-13)17-10-4-8-12-5-1-2-9-14(12)17/h12-15H,1-11,16H2. The average Bonchev–Trinajstić information content (AvgIpc) is 2.33. The topological polar surface area (TPSA) is 29.3 Å². The normalized spacial score (nSPS) is 37.2. The predicted molar refractivity (Wildman–Crippen MR) is 71.9 cm³/mol. The summed E-state index contributed by atoms with van der Waals surface area (Å²) in [5.74, 6) is 1.94. The van der Waals surface area contributed by atoms with Crippen LogP contribution in [0, 0.1) is 11.8 Å². The Labute approximate surface area is 106 Å². The van der Waals surface area contributed by atoms with Crippen molar-refractivity contribution in [1.29, 1.82) is 0 Å². The van der Waals surface area contributed by atoms with Crippen molar-refractivity contribution in [2.75, 3.05) is 13.1 Å². The molecule has 0 aromatic rings. The first-order valence-electron chi connectivity index (χ1n) is 7.86. The van der Waals surface area contributed by atoms with Crippen LogP contribution in [-0.2, 0) is 0 Å². The molecule has 1 aliphatic heterocycles. The summed E-state index contributed by atoms with van der Waals surface area (Å²) in [6.07, 6.45) is 13.1. The number of nitrogens with zero attached hydrogens (tertiary/aromatic N) is 1. The van der Waals surface area contributed by atoms with Crippen molar-refractivity contribution in [2.45, 2.75) is 69.9 Å². The van der Waals surface area contributed by atoms with Gasteiger partial charge in [-0.15, -0.1) is 0 Å². The lowest BCUT2D eigenvalue weighted by atomic mass is 9.74. The van der Waals surface area contributed by atoms with Gasteiger partial charge in [0, 0.05) is 18.6 Å². The molecular formula is C15H28N2. The van der Waals surface area contributed by atoms with E-state index in [0.29, 0.717) is 0 Å². The molecule has 2 aliphatic carbocycles. The van der Waals surface area contributed by atoms with E-state index in [1.807, 2.05) is 0 Å². The summed E-state index contributed by atoms with van der Waals surface area (Å²) in [6.45, 7) is 2.23. The van der Waals surface area contributed by atoms with Crippen molar-refractivity contribution in [3.05, 3.63) is 0 Å². The Hall–Kier alpha value is -0.0800. The number of likely N-dealkylation sites (tertiary alicyclic amines) is 1. The summed E-state index contributed by atoms with van der Waals surface area (Å²) in [7, 11) is 0. The molecule has 0 aromatic carbocycles. The maximum Gasteiger partial charge on any atom is 0.0249 e. The van der Waals surface area contributed by atoms with Crippen LogP contribution in [0.15, 0.2) is 0 Å². The summed E-state index contributed by atoms with van der Waals surface area (Å²) in [5, 5.41) is 0. The second-order valence-corrected chi connectivity index (χ2v) is 6.49. The monoisotopic (exact) mass is 236 g/mol. The minimum atomic E-state index is 0.717. The van der Waals surface area contributed by atoms with E-state index >= 15 is 0 Å². The minimum absolute atomic E-state index is 0.717. The zero-order valence-electron chi connectivity index (χ0n) is 11.1. The Balaban J connectivity index is 1.70. The van der Waals surface area contributed by atoms with Crippen molar-refractivity contribution in [1.82, 2.24) is 4.90 Å². The fourth-order valence-electron chi connectivity index (χ4n) is 4.50. The third-order valence-electron chi connectivity index (χ3n) is 5.65. The molecule has 0 aromatic heterocycles. The second-order valence-electron chi connectivity index (χ2n) is 6.49. The molecule has 1 heterocycles. The molecular weight excluding hydrogens is 208 g/mol. The SMILES string of the molecule is NCC(C1CCC1)N1CCCC2CCCCC21. The van der Waals surface area contributed by atoms with Gasteiger partial charge in [-0.1, -0.05) is 19.3 Å². The van der Waals surface area contributed by atoms with E-state index in [2.05, 4.69) is 4.90 Å². The van der Waals surface area contributed by atoms with Crippen molar-refractivity contribution in [2.24, 2.45) is 17.6 Å². The van der Waals surface area contributed by atoms with E-state index in [4.69, 9.17) is 5.73 Å². The highest BCUT2D eigenvalue weighted by atomic mass is 15.2. The number of piperidine rings is 1. The quantitative estimate of drug-likeness (QED) is 0.816. The first-order valence-corrected chi connectivity index (χ1v) is 7.86. The summed E-state index contributed by atoms with van der Waals surface area (Å²) < 4.78 is 0. The second kappa shape index (κ2) is 5.27. The fourth-order valence-corrected chi connectivity index (χ4v) is 4.50. The van der Waals surface area contributed by atoms with Crippen LogP contribution in [0.5, 0.6) is 0 Å². The van der Waals surface area contributed by atoms with Crippen LogP contribution in [0.3, 0.4) is 0 Å². The largest absolute Gasteiger partial charge is 0.329 e. The Kier molecular flexibility index (Phi) is 3.72. The lowest BCUT2D eigenvalue weighted by Gasteiger charge is -2.51. The van der Waals surface area contributed by atoms with E-state index < -0.39 is 0 Å². The van der Waals surface area contributed by atoms with Gasteiger partial charge in [0.25, 0.3) is 0 Å². The average molecular weight is 236 g/mol. The maximum atomic E-state index is 6.09. The number of nitrogens with two attached hydrogens (primary N) is 1. The van der Waals surface area contributed by atoms with Crippen molar-refractivity contribution < 1.29 is 0 Å². The van der Waals surface area contributed by atoms with Crippen LogP contribution < -0.4 is 5.73 Å². The van der Waals surface area contributed by atoms with E-state index in [-0.39, 0.29) is 0 Å². The zero-order valence-corrected chi connectivity index (χ0v) is 11.1. The summed E-state index contributed by atoms with van der Waals surface area (Å²) in [6, 6.07) is 1.61. The molecule has 3 aliphatic rings. The molecule has 2 heteroatoms. The third kappa shape index (κ3) is 2.26. The number of rotatable bonds is 3. The highest BCUT2D eigenvalue weighted by molar-refractivity contribution is 4.94. The van der Waals surface area contributed by atoms with Gasteiger partial charge in [-0.3, -0.25) is 4.90 Å². The molecule has 1 saturated heterocycles. The lowest BCUT2D eigenvalue weighted by Crippen LogP contribution is -2.57. The summed E-state index contributed by atoms with van der Waals surface area (Å²) in [4.78, 5) is 2.84. The first-order chi connectivity index (χ1) is 8.40. The molecule has 0 amide bonds. The lowest BCUT2D eigenvalue weighted by molar-refractivity contribution is -0.00723. The van der Waals surface area contributed by atoms with E-state index in [1.54, 1.807) is 0 Å². The Bertz CT molecular complexity index is 245. The third-order valence-corrected chi connectivity index (χ3v) is 5.65. The van der Waals surface area contributed by atoms with Crippen LogP contribution in [-0.4, -0.2) is 30.1 Å². The highest BCUT2D eigenvalue weighted by Crippen LogP contribution is 2.40. The van der Waals surface area contributed by atoms with E-state index in [1.165, 1.54) is 64.3 Å².